The molecule has 4 heteroatoms. The van der Waals surface area contributed by atoms with Gasteiger partial charge in [0.15, 0.2) is 0 Å². The number of methoxy groups -OCH3 is 1. The summed E-state index contributed by atoms with van der Waals surface area (Å²) in [5.74, 6) is 0.777. The molecule has 0 radical (unpaired) electrons. The van der Waals surface area contributed by atoms with Crippen molar-refractivity contribution in [2.75, 3.05) is 26.9 Å². The second-order valence-corrected chi connectivity index (χ2v) is 5.09. The lowest BCUT2D eigenvalue weighted by molar-refractivity contribution is -0.0747. The van der Waals surface area contributed by atoms with Crippen molar-refractivity contribution in [3.8, 4) is 5.75 Å². The maximum atomic E-state index is 10.9. The third kappa shape index (κ3) is 2.00. The van der Waals surface area contributed by atoms with Gasteiger partial charge in [0.25, 0.3) is 0 Å². The fourth-order valence-electron chi connectivity index (χ4n) is 2.57. The number of nitrogens with two attached hydrogens (primary N) is 1. The average Bonchev–Trinajstić information content (AvgIpc) is 2.89. The predicted octanol–water partition coefficient (Wildman–Crippen LogP) is 1.27. The van der Waals surface area contributed by atoms with Crippen LogP contribution < -0.4 is 10.5 Å². The van der Waals surface area contributed by atoms with E-state index in [0.29, 0.717) is 19.8 Å². The molecule has 100 valence electrons. The average molecular weight is 251 g/mol. The van der Waals surface area contributed by atoms with Crippen molar-refractivity contribution in [1.29, 1.82) is 0 Å². The highest BCUT2D eigenvalue weighted by molar-refractivity contribution is 5.32. The van der Waals surface area contributed by atoms with Crippen molar-refractivity contribution in [2.45, 2.75) is 18.9 Å². The van der Waals surface area contributed by atoms with Crippen LogP contribution in [0.2, 0.25) is 0 Å². The Morgan fingerprint density at radius 1 is 1.44 bits per heavy atom. The first-order valence-electron chi connectivity index (χ1n) is 6.20. The Kier molecular flexibility index (Phi) is 3.61. The van der Waals surface area contributed by atoms with Gasteiger partial charge in [0.1, 0.15) is 5.75 Å². The molecule has 2 unspecified atom stereocenters. The molecule has 0 saturated carbocycles. The quantitative estimate of drug-likeness (QED) is 0.845. The number of hydrogen-bond donors (Lipinski definition) is 2. The van der Waals surface area contributed by atoms with Gasteiger partial charge in [-0.25, -0.2) is 0 Å². The maximum Gasteiger partial charge on any atom is 0.118 e. The smallest absolute Gasteiger partial charge is 0.118 e. The zero-order valence-corrected chi connectivity index (χ0v) is 11.0. The van der Waals surface area contributed by atoms with Crippen LogP contribution in [0, 0.1) is 5.41 Å². The number of aliphatic hydroxyl groups is 1. The molecule has 1 saturated heterocycles. The molecule has 2 atom stereocenters. The van der Waals surface area contributed by atoms with Gasteiger partial charge in [0.2, 0.25) is 0 Å². The largest absolute Gasteiger partial charge is 0.497 e. The molecular weight excluding hydrogens is 230 g/mol. The first-order chi connectivity index (χ1) is 8.55. The molecule has 1 fully saturated rings. The van der Waals surface area contributed by atoms with Gasteiger partial charge in [-0.15, -0.1) is 0 Å². The number of ether oxygens (including phenoxy) is 2. The molecule has 18 heavy (non-hydrogen) atoms. The monoisotopic (exact) mass is 251 g/mol. The van der Waals surface area contributed by atoms with Crippen molar-refractivity contribution >= 4 is 0 Å². The standard InChI is InChI=1S/C14H21NO3/c1-13(16,14(9-15)7-8-18-10-14)11-3-5-12(17-2)6-4-11/h3-6,16H,7-10,15H2,1-2H3. The summed E-state index contributed by atoms with van der Waals surface area (Å²) in [5, 5.41) is 10.9. The maximum absolute atomic E-state index is 10.9. The van der Waals surface area contributed by atoms with Crippen LogP contribution in [0.4, 0.5) is 0 Å². The highest BCUT2D eigenvalue weighted by Crippen LogP contribution is 2.45. The van der Waals surface area contributed by atoms with Crippen LogP contribution in [0.25, 0.3) is 0 Å². The number of benzene rings is 1. The molecule has 0 aliphatic carbocycles. The Bertz CT molecular complexity index is 394. The van der Waals surface area contributed by atoms with E-state index >= 15 is 0 Å². The Balaban J connectivity index is 2.33. The third-order valence-electron chi connectivity index (χ3n) is 4.18. The second-order valence-electron chi connectivity index (χ2n) is 5.09. The molecule has 3 N–H and O–H groups in total. The molecular formula is C14H21NO3. The van der Waals surface area contributed by atoms with E-state index in [4.69, 9.17) is 15.2 Å². The van der Waals surface area contributed by atoms with E-state index in [1.54, 1.807) is 7.11 Å². The van der Waals surface area contributed by atoms with E-state index in [1.165, 1.54) is 0 Å². The van der Waals surface area contributed by atoms with Crippen LogP contribution in [0.15, 0.2) is 24.3 Å². The molecule has 0 aromatic heterocycles. The molecule has 0 spiro atoms. The van der Waals surface area contributed by atoms with Crippen LogP contribution in [0.5, 0.6) is 5.75 Å². The fraction of sp³-hybridized carbons (Fsp3) is 0.571. The molecule has 0 bridgehead atoms. The van der Waals surface area contributed by atoms with Gasteiger partial charge in [-0.2, -0.15) is 0 Å². The van der Waals surface area contributed by atoms with Gasteiger partial charge < -0.3 is 20.3 Å². The van der Waals surface area contributed by atoms with E-state index in [9.17, 15) is 5.11 Å². The van der Waals surface area contributed by atoms with Crippen molar-refractivity contribution in [1.82, 2.24) is 0 Å². The molecule has 1 heterocycles. The van der Waals surface area contributed by atoms with E-state index in [2.05, 4.69) is 0 Å². The lowest BCUT2D eigenvalue weighted by Gasteiger charge is -2.41. The van der Waals surface area contributed by atoms with Gasteiger partial charge in [0, 0.05) is 18.6 Å². The topological polar surface area (TPSA) is 64.7 Å². The molecule has 1 aliphatic rings. The molecule has 0 amide bonds. The summed E-state index contributed by atoms with van der Waals surface area (Å²) in [7, 11) is 1.62. The summed E-state index contributed by atoms with van der Waals surface area (Å²) in [4.78, 5) is 0. The summed E-state index contributed by atoms with van der Waals surface area (Å²) in [5.41, 5.74) is 5.33. The predicted molar refractivity (Wildman–Crippen MR) is 69.5 cm³/mol. The van der Waals surface area contributed by atoms with Crippen molar-refractivity contribution < 1.29 is 14.6 Å². The summed E-state index contributed by atoms with van der Waals surface area (Å²) >= 11 is 0. The van der Waals surface area contributed by atoms with Crippen molar-refractivity contribution in [3.63, 3.8) is 0 Å². The van der Waals surface area contributed by atoms with Gasteiger partial charge in [-0.05, 0) is 31.0 Å². The summed E-state index contributed by atoms with van der Waals surface area (Å²) in [6.45, 7) is 3.38. The molecule has 1 aromatic rings. The van der Waals surface area contributed by atoms with Crippen LogP contribution in [0.3, 0.4) is 0 Å². The minimum atomic E-state index is -0.996. The zero-order chi connectivity index (χ0) is 13.2. The summed E-state index contributed by atoms with van der Waals surface area (Å²) in [6, 6.07) is 7.47. The molecule has 2 rings (SSSR count). The SMILES string of the molecule is COc1ccc(C(C)(O)C2(CN)CCOC2)cc1. The highest BCUT2D eigenvalue weighted by atomic mass is 16.5. The Hall–Kier alpha value is -1.10. The summed E-state index contributed by atoms with van der Waals surface area (Å²) < 4.78 is 10.6. The minimum absolute atomic E-state index is 0.401. The highest BCUT2D eigenvalue weighted by Gasteiger charge is 2.49. The Morgan fingerprint density at radius 3 is 2.56 bits per heavy atom. The van der Waals surface area contributed by atoms with Gasteiger partial charge in [-0.1, -0.05) is 12.1 Å². The first-order valence-corrected chi connectivity index (χ1v) is 6.20. The van der Waals surface area contributed by atoms with Gasteiger partial charge in [-0.3, -0.25) is 0 Å². The van der Waals surface area contributed by atoms with Crippen molar-refractivity contribution in [3.05, 3.63) is 29.8 Å². The number of hydrogen-bond acceptors (Lipinski definition) is 4. The first kappa shape index (κ1) is 13.3. The van der Waals surface area contributed by atoms with E-state index in [0.717, 1.165) is 17.7 Å². The van der Waals surface area contributed by atoms with E-state index in [1.807, 2.05) is 31.2 Å². The van der Waals surface area contributed by atoms with E-state index < -0.39 is 11.0 Å². The normalized spacial score (nSPS) is 26.9. The number of rotatable bonds is 4. The Labute approximate surface area is 108 Å². The summed E-state index contributed by atoms with van der Waals surface area (Å²) in [6.07, 6.45) is 0.780. The fourth-order valence-corrected chi connectivity index (χ4v) is 2.57. The van der Waals surface area contributed by atoms with Crippen LogP contribution >= 0.6 is 0 Å². The Morgan fingerprint density at radius 2 is 2.11 bits per heavy atom. The third-order valence-corrected chi connectivity index (χ3v) is 4.18. The second kappa shape index (κ2) is 4.88. The van der Waals surface area contributed by atoms with Crippen LogP contribution in [-0.4, -0.2) is 32.0 Å². The lowest BCUT2D eigenvalue weighted by atomic mass is 9.69. The minimum Gasteiger partial charge on any atom is -0.497 e. The van der Waals surface area contributed by atoms with Crippen LogP contribution in [-0.2, 0) is 10.3 Å². The van der Waals surface area contributed by atoms with E-state index in [-0.39, 0.29) is 0 Å². The molecule has 4 nitrogen and oxygen atoms in total. The van der Waals surface area contributed by atoms with Gasteiger partial charge >= 0.3 is 0 Å². The molecule has 1 aliphatic heterocycles. The molecule has 1 aromatic carbocycles. The lowest BCUT2D eigenvalue weighted by Crippen LogP contribution is -2.49. The van der Waals surface area contributed by atoms with Crippen LogP contribution in [0.1, 0.15) is 18.9 Å². The van der Waals surface area contributed by atoms with Crippen molar-refractivity contribution in [2.24, 2.45) is 11.1 Å². The zero-order valence-electron chi connectivity index (χ0n) is 11.0. The van der Waals surface area contributed by atoms with Gasteiger partial charge in [0.05, 0.1) is 19.3 Å².